The smallest absolute Gasteiger partial charge is 0.407 e. The number of alkyl carbamates (subject to hydrolysis) is 1. The van der Waals surface area contributed by atoms with Crippen LogP contribution in [0.25, 0.3) is 0 Å². The van der Waals surface area contributed by atoms with Crippen LogP contribution < -0.4 is 5.32 Å². The molecule has 0 unspecified atom stereocenters. The van der Waals surface area contributed by atoms with Crippen LogP contribution in [0.2, 0.25) is 0 Å². The van der Waals surface area contributed by atoms with Gasteiger partial charge >= 0.3 is 18.0 Å². The Balaban J connectivity index is 3.62. The van der Waals surface area contributed by atoms with Crippen LogP contribution in [-0.2, 0) is 23.8 Å². The summed E-state index contributed by atoms with van der Waals surface area (Å²) in [4.78, 5) is 33.7. The molecule has 0 aromatic rings. The second kappa shape index (κ2) is 8.99. The maximum Gasteiger partial charge on any atom is 0.407 e. The topological polar surface area (TPSA) is 90.9 Å². The van der Waals surface area contributed by atoms with Crippen molar-refractivity contribution in [3.05, 3.63) is 12.2 Å². The fourth-order valence-electron chi connectivity index (χ4n) is 0.956. The first-order chi connectivity index (χ1) is 9.64. The Morgan fingerprint density at radius 2 is 1.57 bits per heavy atom. The molecule has 0 aliphatic rings. The number of ether oxygens (including phenoxy) is 3. The monoisotopic (exact) mass is 301 g/mol. The number of carbonyl (C=O) groups is 3. The fourth-order valence-corrected chi connectivity index (χ4v) is 0.956. The highest BCUT2D eigenvalue weighted by Gasteiger charge is 2.22. The molecular weight excluding hydrogens is 278 g/mol. The van der Waals surface area contributed by atoms with E-state index in [1.807, 2.05) is 0 Å². The Kier molecular flexibility index (Phi) is 8.11. The summed E-state index contributed by atoms with van der Waals surface area (Å²) in [7, 11) is 0. The van der Waals surface area contributed by atoms with Crippen molar-refractivity contribution in [3.63, 3.8) is 0 Å². The molecular formula is C14H23NO6. The van der Waals surface area contributed by atoms with E-state index >= 15 is 0 Å². The van der Waals surface area contributed by atoms with Crippen molar-refractivity contribution in [2.45, 2.75) is 27.7 Å². The first-order valence-electron chi connectivity index (χ1n) is 6.55. The minimum atomic E-state index is -0.673. The summed E-state index contributed by atoms with van der Waals surface area (Å²) in [6.45, 7) is 10.3. The van der Waals surface area contributed by atoms with Gasteiger partial charge in [-0.05, 0) is 27.7 Å². The number of carbonyl (C=O) groups excluding carboxylic acids is 3. The molecule has 120 valence electrons. The zero-order valence-electron chi connectivity index (χ0n) is 13.0. The van der Waals surface area contributed by atoms with Gasteiger partial charge in [-0.2, -0.15) is 0 Å². The highest BCUT2D eigenvalue weighted by atomic mass is 16.6. The van der Waals surface area contributed by atoms with E-state index in [1.165, 1.54) is 6.92 Å². The van der Waals surface area contributed by atoms with E-state index in [-0.39, 0.29) is 32.3 Å². The normalized spacial score (nSPS) is 10.5. The third kappa shape index (κ3) is 9.48. The zero-order chi connectivity index (χ0) is 16.5. The van der Waals surface area contributed by atoms with E-state index < -0.39 is 17.5 Å². The van der Waals surface area contributed by atoms with E-state index in [9.17, 15) is 14.4 Å². The van der Waals surface area contributed by atoms with Crippen LogP contribution >= 0.6 is 0 Å². The lowest BCUT2D eigenvalue weighted by atomic mass is 9.97. The number of rotatable bonds is 7. The first kappa shape index (κ1) is 18.9. The maximum atomic E-state index is 11.4. The van der Waals surface area contributed by atoms with E-state index in [1.54, 1.807) is 20.8 Å². The van der Waals surface area contributed by atoms with Gasteiger partial charge in [0.05, 0.1) is 12.0 Å². The standard InChI is InChI=1S/C14H23NO6/c1-10(2)11(16)19-7-6-15-13(18)21-9-8-20-12(17)14(3,4)5/h1,6-9H2,2-5H3,(H,15,18). The van der Waals surface area contributed by atoms with Crippen molar-refractivity contribution in [1.29, 1.82) is 0 Å². The molecule has 7 heteroatoms. The average molecular weight is 301 g/mol. The Bertz CT molecular complexity index is 397. The Morgan fingerprint density at radius 3 is 2.10 bits per heavy atom. The third-order valence-electron chi connectivity index (χ3n) is 2.12. The van der Waals surface area contributed by atoms with Crippen molar-refractivity contribution in [3.8, 4) is 0 Å². The molecule has 21 heavy (non-hydrogen) atoms. The van der Waals surface area contributed by atoms with Crippen molar-refractivity contribution in [1.82, 2.24) is 5.32 Å². The Morgan fingerprint density at radius 1 is 1.00 bits per heavy atom. The molecule has 0 rings (SSSR count). The van der Waals surface area contributed by atoms with Crippen LogP contribution in [0.15, 0.2) is 12.2 Å². The zero-order valence-corrected chi connectivity index (χ0v) is 13.0. The quantitative estimate of drug-likeness (QED) is 0.331. The van der Waals surface area contributed by atoms with E-state index in [0.29, 0.717) is 5.57 Å². The summed E-state index contributed by atoms with van der Waals surface area (Å²) in [5.74, 6) is -0.877. The fraction of sp³-hybridized carbons (Fsp3) is 0.643. The van der Waals surface area contributed by atoms with Gasteiger partial charge in [0.25, 0.3) is 0 Å². The number of hydrogen-bond acceptors (Lipinski definition) is 6. The van der Waals surface area contributed by atoms with Crippen molar-refractivity contribution in [2.75, 3.05) is 26.4 Å². The summed E-state index contributed by atoms with van der Waals surface area (Å²) in [6, 6.07) is 0. The predicted octanol–water partition coefficient (Wildman–Crippen LogP) is 1.42. The summed E-state index contributed by atoms with van der Waals surface area (Å²) >= 11 is 0. The van der Waals surface area contributed by atoms with E-state index in [0.717, 1.165) is 0 Å². The minimum absolute atomic E-state index is 0.00579. The summed E-state index contributed by atoms with van der Waals surface area (Å²) < 4.78 is 14.5. The molecule has 0 saturated carbocycles. The lowest BCUT2D eigenvalue weighted by molar-refractivity contribution is -0.153. The third-order valence-corrected chi connectivity index (χ3v) is 2.12. The van der Waals surface area contributed by atoms with Gasteiger partial charge < -0.3 is 19.5 Å². The Labute approximate surface area is 124 Å². The molecule has 7 nitrogen and oxygen atoms in total. The van der Waals surface area contributed by atoms with Crippen LogP contribution in [0, 0.1) is 5.41 Å². The highest BCUT2D eigenvalue weighted by Crippen LogP contribution is 2.14. The van der Waals surface area contributed by atoms with Gasteiger partial charge in [-0.1, -0.05) is 6.58 Å². The lowest BCUT2D eigenvalue weighted by Crippen LogP contribution is -2.30. The molecule has 0 saturated heterocycles. The maximum absolute atomic E-state index is 11.4. The summed E-state index contributed by atoms with van der Waals surface area (Å²) in [6.07, 6.45) is -0.673. The molecule has 0 bridgehead atoms. The van der Waals surface area contributed by atoms with Crippen molar-refractivity contribution >= 4 is 18.0 Å². The van der Waals surface area contributed by atoms with Gasteiger partial charge in [0.15, 0.2) is 0 Å². The number of nitrogens with one attached hydrogen (secondary N) is 1. The van der Waals surface area contributed by atoms with Gasteiger partial charge in [-0.25, -0.2) is 9.59 Å². The van der Waals surface area contributed by atoms with Crippen molar-refractivity contribution in [2.24, 2.45) is 5.41 Å². The van der Waals surface area contributed by atoms with Crippen LogP contribution in [0.5, 0.6) is 0 Å². The van der Waals surface area contributed by atoms with E-state index in [2.05, 4.69) is 11.9 Å². The molecule has 0 aromatic carbocycles. The summed E-state index contributed by atoms with van der Waals surface area (Å²) in [5, 5.41) is 2.39. The van der Waals surface area contributed by atoms with Gasteiger partial charge in [0, 0.05) is 5.57 Å². The molecule has 0 heterocycles. The number of esters is 2. The van der Waals surface area contributed by atoms with Crippen LogP contribution in [0.3, 0.4) is 0 Å². The minimum Gasteiger partial charge on any atom is -0.462 e. The van der Waals surface area contributed by atoms with Crippen LogP contribution in [0.4, 0.5) is 4.79 Å². The van der Waals surface area contributed by atoms with Crippen molar-refractivity contribution < 1.29 is 28.6 Å². The second-order valence-electron chi connectivity index (χ2n) is 5.36. The average Bonchev–Trinajstić information content (AvgIpc) is 2.37. The molecule has 0 atom stereocenters. The predicted molar refractivity (Wildman–Crippen MR) is 75.5 cm³/mol. The van der Waals surface area contributed by atoms with Gasteiger partial charge in [0.2, 0.25) is 0 Å². The molecule has 1 amide bonds. The second-order valence-corrected chi connectivity index (χ2v) is 5.36. The molecule has 0 aliphatic heterocycles. The van der Waals surface area contributed by atoms with Crippen LogP contribution in [-0.4, -0.2) is 44.4 Å². The number of hydrogen-bond donors (Lipinski definition) is 1. The van der Waals surface area contributed by atoms with Gasteiger partial charge in [-0.3, -0.25) is 4.79 Å². The molecule has 0 spiro atoms. The largest absolute Gasteiger partial charge is 0.462 e. The highest BCUT2D eigenvalue weighted by molar-refractivity contribution is 5.86. The molecule has 0 aromatic heterocycles. The molecule has 1 N–H and O–H groups in total. The van der Waals surface area contributed by atoms with Crippen LogP contribution in [0.1, 0.15) is 27.7 Å². The SMILES string of the molecule is C=C(C)C(=O)OCCNC(=O)OCCOC(=O)C(C)(C)C. The van der Waals surface area contributed by atoms with Gasteiger partial charge in [0.1, 0.15) is 19.8 Å². The first-order valence-corrected chi connectivity index (χ1v) is 6.55. The number of amides is 1. The Hall–Kier alpha value is -2.05. The van der Waals surface area contributed by atoms with Gasteiger partial charge in [-0.15, -0.1) is 0 Å². The molecule has 0 fully saturated rings. The summed E-state index contributed by atoms with van der Waals surface area (Å²) in [5.41, 5.74) is -0.298. The van der Waals surface area contributed by atoms with E-state index in [4.69, 9.17) is 14.2 Å². The molecule has 0 radical (unpaired) electrons. The molecule has 0 aliphatic carbocycles. The lowest BCUT2D eigenvalue weighted by Gasteiger charge is -2.16.